The van der Waals surface area contributed by atoms with Crippen LogP contribution in [0.25, 0.3) is 0 Å². The van der Waals surface area contributed by atoms with Gasteiger partial charge in [-0.2, -0.15) is 0 Å². The Morgan fingerprint density at radius 3 is 2.57 bits per heavy atom. The summed E-state index contributed by atoms with van der Waals surface area (Å²) in [6.45, 7) is -0.536. The zero-order chi connectivity index (χ0) is 17.2. The first kappa shape index (κ1) is 18.7. The number of thioether (sulfide) groups is 1. The number of aliphatic hydroxyl groups excluding tert-OH is 1. The molecule has 0 aliphatic heterocycles. The molecule has 0 aliphatic rings. The number of benzene rings is 1. The minimum absolute atomic E-state index is 0.00262. The summed E-state index contributed by atoms with van der Waals surface area (Å²) in [4.78, 5) is 33.4. The van der Waals surface area contributed by atoms with Crippen LogP contribution in [0, 0.1) is 10.1 Å². The first-order chi connectivity index (χ1) is 11.0. The lowest BCUT2D eigenvalue weighted by atomic mass is 10.3. The van der Waals surface area contributed by atoms with Gasteiger partial charge in [-0.3, -0.25) is 10.1 Å². The number of hydrogen-bond donors (Lipinski definition) is 2. The van der Waals surface area contributed by atoms with Crippen LogP contribution < -0.4 is 5.32 Å². The highest BCUT2D eigenvalue weighted by Crippen LogP contribution is 2.21. The number of nitrogens with zero attached hydrogens (tertiary/aromatic N) is 1. The first-order valence-electron chi connectivity index (χ1n) is 6.47. The summed E-state index contributed by atoms with van der Waals surface area (Å²) < 4.78 is 9.25. The van der Waals surface area contributed by atoms with E-state index >= 15 is 0 Å². The van der Waals surface area contributed by atoms with Crippen molar-refractivity contribution in [3.8, 4) is 0 Å². The summed E-state index contributed by atoms with van der Waals surface area (Å²) in [5.41, 5.74) is 0.00262. The molecule has 23 heavy (non-hydrogen) atoms. The second kappa shape index (κ2) is 9.64. The average Bonchev–Trinajstić information content (AvgIpc) is 2.56. The smallest absolute Gasteiger partial charge is 0.407 e. The molecule has 0 radical (unpaired) electrons. The number of ether oxygens (including phenoxy) is 2. The van der Waals surface area contributed by atoms with E-state index in [-0.39, 0.29) is 12.3 Å². The number of carbonyl (C=O) groups excluding carboxylic acids is 2. The number of methoxy groups -OCH3 is 1. The number of hydrogen-bond acceptors (Lipinski definition) is 8. The molecule has 1 aromatic carbocycles. The lowest BCUT2D eigenvalue weighted by molar-refractivity contribution is -0.384. The van der Waals surface area contributed by atoms with Crippen LogP contribution in [0.5, 0.6) is 0 Å². The second-order valence-corrected chi connectivity index (χ2v) is 5.31. The van der Waals surface area contributed by atoms with E-state index in [0.29, 0.717) is 5.75 Å². The third-order valence-electron chi connectivity index (χ3n) is 2.59. The summed E-state index contributed by atoms with van der Waals surface area (Å²) in [6, 6.07) is 4.80. The molecule has 1 aromatic rings. The number of nitrogens with one attached hydrogen (secondary N) is 1. The quantitative estimate of drug-likeness (QED) is 0.234. The van der Waals surface area contributed by atoms with Crippen LogP contribution in [0.4, 0.5) is 10.5 Å². The fourth-order valence-corrected chi connectivity index (χ4v) is 2.19. The summed E-state index contributed by atoms with van der Waals surface area (Å²) in [7, 11) is 1.14. The van der Waals surface area contributed by atoms with Crippen LogP contribution in [0.2, 0.25) is 0 Å². The monoisotopic (exact) mass is 344 g/mol. The molecule has 2 N–H and O–H groups in total. The van der Waals surface area contributed by atoms with Crippen molar-refractivity contribution in [1.29, 1.82) is 0 Å². The molecule has 9 nitrogen and oxygen atoms in total. The molecule has 126 valence electrons. The van der Waals surface area contributed by atoms with Crippen molar-refractivity contribution >= 4 is 29.5 Å². The average molecular weight is 344 g/mol. The van der Waals surface area contributed by atoms with Crippen LogP contribution in [0.15, 0.2) is 29.2 Å². The third kappa shape index (κ3) is 6.53. The van der Waals surface area contributed by atoms with Crippen LogP contribution in [-0.4, -0.2) is 54.2 Å². The Bertz CT molecular complexity index is 550. The minimum atomic E-state index is -1.17. The van der Waals surface area contributed by atoms with E-state index in [0.717, 1.165) is 12.0 Å². The van der Waals surface area contributed by atoms with Crippen molar-refractivity contribution in [3.63, 3.8) is 0 Å². The third-order valence-corrected chi connectivity index (χ3v) is 3.57. The van der Waals surface area contributed by atoms with Crippen LogP contribution in [-0.2, 0) is 14.3 Å². The summed E-state index contributed by atoms with van der Waals surface area (Å²) in [5, 5.41) is 21.6. The maximum Gasteiger partial charge on any atom is 0.407 e. The Kier molecular flexibility index (Phi) is 7.84. The van der Waals surface area contributed by atoms with Crippen LogP contribution >= 0.6 is 11.8 Å². The van der Waals surface area contributed by atoms with Gasteiger partial charge in [0.2, 0.25) is 0 Å². The van der Waals surface area contributed by atoms with E-state index in [2.05, 4.69) is 10.1 Å². The summed E-state index contributed by atoms with van der Waals surface area (Å²) >= 11 is 1.35. The maximum atomic E-state index is 11.4. The SMILES string of the molecule is COC(=O)[C@H](CO)NC(=O)OCCSc1ccc([N+](=O)[O-])cc1. The first-order valence-corrected chi connectivity index (χ1v) is 7.45. The van der Waals surface area contributed by atoms with Crippen molar-refractivity contribution in [2.24, 2.45) is 0 Å². The largest absolute Gasteiger partial charge is 0.467 e. The normalized spacial score (nSPS) is 11.4. The van der Waals surface area contributed by atoms with Gasteiger partial charge in [-0.1, -0.05) is 0 Å². The molecule has 0 saturated heterocycles. The number of rotatable bonds is 8. The lowest BCUT2D eigenvalue weighted by Gasteiger charge is -2.13. The van der Waals surface area contributed by atoms with Gasteiger partial charge in [0.1, 0.15) is 6.61 Å². The van der Waals surface area contributed by atoms with Crippen LogP contribution in [0.1, 0.15) is 0 Å². The Morgan fingerprint density at radius 2 is 2.04 bits per heavy atom. The molecular weight excluding hydrogens is 328 g/mol. The Balaban J connectivity index is 2.29. The van der Waals surface area contributed by atoms with E-state index < -0.39 is 29.6 Å². The molecule has 0 aromatic heterocycles. The van der Waals surface area contributed by atoms with Gasteiger partial charge < -0.3 is 19.9 Å². The predicted octanol–water partition coefficient (Wildman–Crippen LogP) is 0.947. The summed E-state index contributed by atoms with van der Waals surface area (Å²) in [5.74, 6) is -0.350. The van der Waals surface area contributed by atoms with E-state index in [1.165, 1.54) is 23.9 Å². The van der Waals surface area contributed by atoms with E-state index in [1.54, 1.807) is 12.1 Å². The number of alkyl carbamates (subject to hydrolysis) is 1. The number of amides is 1. The Labute approximate surface area is 136 Å². The van der Waals surface area contributed by atoms with Gasteiger partial charge in [0, 0.05) is 22.8 Å². The van der Waals surface area contributed by atoms with Crippen molar-refractivity contribution in [1.82, 2.24) is 5.32 Å². The molecule has 0 heterocycles. The molecular formula is C13H16N2O7S. The maximum absolute atomic E-state index is 11.4. The zero-order valence-corrected chi connectivity index (χ0v) is 13.1. The van der Waals surface area contributed by atoms with Gasteiger partial charge in [-0.05, 0) is 12.1 Å². The molecule has 0 bridgehead atoms. The van der Waals surface area contributed by atoms with Crippen molar-refractivity contribution < 1.29 is 29.1 Å². The highest BCUT2D eigenvalue weighted by atomic mass is 32.2. The molecule has 0 fully saturated rings. The molecule has 10 heteroatoms. The Hall–Kier alpha value is -2.33. The van der Waals surface area contributed by atoms with Crippen LogP contribution in [0.3, 0.4) is 0 Å². The number of esters is 1. The number of nitro benzene ring substituents is 1. The van der Waals surface area contributed by atoms with Crippen molar-refractivity contribution in [2.75, 3.05) is 26.1 Å². The van der Waals surface area contributed by atoms with Crippen molar-refractivity contribution in [3.05, 3.63) is 34.4 Å². The molecule has 1 rings (SSSR count). The summed E-state index contributed by atoms with van der Waals surface area (Å²) in [6.07, 6.45) is -0.848. The minimum Gasteiger partial charge on any atom is -0.467 e. The number of nitro groups is 1. The number of carbonyl (C=O) groups is 2. The fourth-order valence-electron chi connectivity index (χ4n) is 1.46. The molecule has 0 saturated carbocycles. The number of aliphatic hydroxyl groups is 1. The standard InChI is InChI=1S/C13H16N2O7S/c1-21-12(17)11(8-16)14-13(18)22-6-7-23-10-4-2-9(3-5-10)15(19)20/h2-5,11,16H,6-8H2,1H3,(H,14,18)/t11-/m0/s1. The van der Waals surface area contributed by atoms with Gasteiger partial charge in [0.05, 0.1) is 18.6 Å². The van der Waals surface area contributed by atoms with Gasteiger partial charge in [-0.15, -0.1) is 11.8 Å². The predicted molar refractivity (Wildman–Crippen MR) is 81.2 cm³/mol. The molecule has 0 spiro atoms. The number of non-ortho nitro benzene ring substituents is 1. The van der Waals surface area contributed by atoms with Gasteiger partial charge in [0.25, 0.3) is 5.69 Å². The van der Waals surface area contributed by atoms with E-state index in [9.17, 15) is 19.7 Å². The highest BCUT2D eigenvalue weighted by molar-refractivity contribution is 7.99. The molecule has 0 unspecified atom stereocenters. The van der Waals surface area contributed by atoms with Gasteiger partial charge in [-0.25, -0.2) is 9.59 Å². The fraction of sp³-hybridized carbons (Fsp3) is 0.385. The highest BCUT2D eigenvalue weighted by Gasteiger charge is 2.20. The second-order valence-electron chi connectivity index (χ2n) is 4.14. The molecule has 1 amide bonds. The molecule has 0 aliphatic carbocycles. The van der Waals surface area contributed by atoms with Gasteiger partial charge >= 0.3 is 12.1 Å². The van der Waals surface area contributed by atoms with E-state index in [1.807, 2.05) is 0 Å². The topological polar surface area (TPSA) is 128 Å². The van der Waals surface area contributed by atoms with Crippen molar-refractivity contribution in [2.45, 2.75) is 10.9 Å². The molecule has 1 atom stereocenters. The zero-order valence-electron chi connectivity index (χ0n) is 12.3. The van der Waals surface area contributed by atoms with Gasteiger partial charge in [0.15, 0.2) is 6.04 Å². The Morgan fingerprint density at radius 1 is 1.39 bits per heavy atom. The van der Waals surface area contributed by atoms with E-state index in [4.69, 9.17) is 9.84 Å². The lowest BCUT2D eigenvalue weighted by Crippen LogP contribution is -2.44.